The molecule has 76 valence electrons. The van der Waals surface area contributed by atoms with Crippen molar-refractivity contribution in [1.82, 2.24) is 4.90 Å². The molecule has 1 fully saturated rings. The number of carbonyl (C=O) groups is 2. The molecule has 0 radical (unpaired) electrons. The molecule has 0 aromatic rings. The van der Waals surface area contributed by atoms with Gasteiger partial charge in [0.2, 0.25) is 5.91 Å². The van der Waals surface area contributed by atoms with E-state index in [-0.39, 0.29) is 12.3 Å². The molecule has 1 atom stereocenters. The average Bonchev–Trinajstić information content (AvgIpc) is 2.65. The molecule has 1 rings (SSSR count). The molecule has 1 aliphatic rings. The number of ether oxygens (including phenoxy) is 1. The normalized spacial score (nSPS) is 20.3. The number of likely N-dealkylation sites (tertiary alicyclic amines) is 1. The van der Waals surface area contributed by atoms with Crippen LogP contribution in [0.15, 0.2) is 0 Å². The topological polar surface area (TPSA) is 70.4 Å². The molecule has 0 unspecified atom stereocenters. The summed E-state index contributed by atoms with van der Waals surface area (Å²) >= 11 is 0. The van der Waals surface area contributed by atoms with E-state index in [0.29, 0.717) is 13.0 Å². The Labute approximate surface area is 82.2 Å². The third-order valence-corrected chi connectivity index (χ3v) is 2.28. The Morgan fingerprint density at radius 2 is 2.36 bits per heavy atom. The van der Waals surface area contributed by atoms with Crippen LogP contribution in [0.2, 0.25) is 0 Å². The summed E-state index contributed by atoms with van der Waals surface area (Å²) in [7, 11) is 1.30. The summed E-state index contributed by atoms with van der Waals surface area (Å²) in [6.45, 7) is 0.542. The van der Waals surface area contributed by atoms with Gasteiger partial charge in [-0.15, -0.1) is 0 Å². The van der Waals surface area contributed by atoms with Crippen molar-refractivity contribution < 1.29 is 14.3 Å². The number of carbonyl (C=O) groups excluding carboxylic acids is 2. The van der Waals surface area contributed by atoms with Crippen LogP contribution in [0, 0.1) is 11.3 Å². The summed E-state index contributed by atoms with van der Waals surface area (Å²) in [6.07, 6.45) is 1.24. The Hall–Kier alpha value is -1.57. The average molecular weight is 196 g/mol. The molecule has 1 aliphatic heterocycles. The molecule has 0 bridgehead atoms. The van der Waals surface area contributed by atoms with E-state index in [1.54, 1.807) is 6.07 Å². The van der Waals surface area contributed by atoms with Crippen molar-refractivity contribution in [3.63, 3.8) is 0 Å². The minimum absolute atomic E-state index is 0.173. The standard InChI is InChI=1S/C9H12N2O3/c1-14-9(13)7-3-2-6-11(7)8(12)4-5-10/h7H,2-4,6H2,1H3/t7-/m1/s1. The zero-order valence-corrected chi connectivity index (χ0v) is 8.02. The van der Waals surface area contributed by atoms with E-state index in [4.69, 9.17) is 5.26 Å². The molecule has 1 saturated heterocycles. The highest BCUT2D eigenvalue weighted by Gasteiger charge is 2.34. The number of nitriles is 1. The van der Waals surface area contributed by atoms with E-state index in [1.807, 2.05) is 0 Å². The van der Waals surface area contributed by atoms with Gasteiger partial charge < -0.3 is 9.64 Å². The Kier molecular flexibility index (Phi) is 3.46. The summed E-state index contributed by atoms with van der Waals surface area (Å²) in [5.74, 6) is -0.686. The second kappa shape index (κ2) is 4.61. The van der Waals surface area contributed by atoms with Gasteiger partial charge in [-0.25, -0.2) is 4.79 Å². The summed E-state index contributed by atoms with van der Waals surface area (Å²) in [6, 6.07) is 1.29. The number of hydrogen-bond donors (Lipinski definition) is 0. The van der Waals surface area contributed by atoms with Gasteiger partial charge in [0.25, 0.3) is 0 Å². The molecule has 5 nitrogen and oxygen atoms in total. The largest absolute Gasteiger partial charge is 0.467 e. The van der Waals surface area contributed by atoms with Crippen molar-refractivity contribution in [2.75, 3.05) is 13.7 Å². The van der Waals surface area contributed by atoms with Gasteiger partial charge in [0, 0.05) is 6.54 Å². The summed E-state index contributed by atoms with van der Waals surface area (Å²) in [5, 5.41) is 8.37. The van der Waals surface area contributed by atoms with E-state index in [9.17, 15) is 9.59 Å². The summed E-state index contributed by atoms with van der Waals surface area (Å²) < 4.78 is 4.58. The third kappa shape index (κ3) is 2.02. The van der Waals surface area contributed by atoms with Gasteiger partial charge >= 0.3 is 5.97 Å². The lowest BCUT2D eigenvalue weighted by Crippen LogP contribution is -2.40. The SMILES string of the molecule is COC(=O)[C@H]1CCCN1C(=O)CC#N. The highest BCUT2D eigenvalue weighted by Crippen LogP contribution is 2.18. The lowest BCUT2D eigenvalue weighted by molar-refractivity contribution is -0.150. The van der Waals surface area contributed by atoms with Crippen molar-refractivity contribution >= 4 is 11.9 Å². The van der Waals surface area contributed by atoms with Gasteiger partial charge in [0.15, 0.2) is 0 Å². The molecular formula is C9H12N2O3. The quantitative estimate of drug-likeness (QED) is 0.586. The van der Waals surface area contributed by atoms with E-state index in [1.165, 1.54) is 12.0 Å². The van der Waals surface area contributed by atoms with Crippen molar-refractivity contribution in [1.29, 1.82) is 5.26 Å². The molecule has 0 aromatic carbocycles. The maximum absolute atomic E-state index is 11.4. The van der Waals surface area contributed by atoms with Crippen LogP contribution < -0.4 is 0 Å². The van der Waals surface area contributed by atoms with Crippen LogP contribution in [0.5, 0.6) is 0 Å². The first-order chi connectivity index (χ1) is 6.70. The lowest BCUT2D eigenvalue weighted by atomic mass is 10.2. The number of esters is 1. The van der Waals surface area contributed by atoms with Crippen LogP contribution >= 0.6 is 0 Å². The monoisotopic (exact) mass is 196 g/mol. The van der Waals surface area contributed by atoms with Gasteiger partial charge in [-0.2, -0.15) is 5.26 Å². The van der Waals surface area contributed by atoms with Crippen molar-refractivity contribution in [3.05, 3.63) is 0 Å². The Balaban J connectivity index is 2.64. The van der Waals surface area contributed by atoms with Gasteiger partial charge in [0.05, 0.1) is 13.2 Å². The Bertz CT molecular complexity index is 282. The minimum Gasteiger partial charge on any atom is -0.467 e. The van der Waals surface area contributed by atoms with E-state index < -0.39 is 12.0 Å². The predicted molar refractivity (Wildman–Crippen MR) is 47.0 cm³/mol. The fraction of sp³-hybridized carbons (Fsp3) is 0.667. The Morgan fingerprint density at radius 3 is 2.93 bits per heavy atom. The van der Waals surface area contributed by atoms with Crippen LogP contribution in [0.25, 0.3) is 0 Å². The van der Waals surface area contributed by atoms with Crippen molar-refractivity contribution in [2.45, 2.75) is 25.3 Å². The zero-order chi connectivity index (χ0) is 10.6. The lowest BCUT2D eigenvalue weighted by Gasteiger charge is -2.21. The van der Waals surface area contributed by atoms with Crippen molar-refractivity contribution in [2.24, 2.45) is 0 Å². The van der Waals surface area contributed by atoms with E-state index in [0.717, 1.165) is 6.42 Å². The first-order valence-corrected chi connectivity index (χ1v) is 4.45. The number of rotatable bonds is 2. The van der Waals surface area contributed by atoms with Crippen LogP contribution in [0.3, 0.4) is 0 Å². The molecule has 1 heterocycles. The van der Waals surface area contributed by atoms with Crippen LogP contribution in [-0.4, -0.2) is 36.5 Å². The minimum atomic E-state index is -0.485. The Morgan fingerprint density at radius 1 is 1.64 bits per heavy atom. The van der Waals surface area contributed by atoms with E-state index >= 15 is 0 Å². The maximum Gasteiger partial charge on any atom is 0.328 e. The molecule has 5 heteroatoms. The molecule has 0 aromatic heterocycles. The van der Waals surface area contributed by atoms with Gasteiger partial charge in [-0.1, -0.05) is 0 Å². The van der Waals surface area contributed by atoms with Gasteiger partial charge in [0.1, 0.15) is 12.5 Å². The summed E-state index contributed by atoms with van der Waals surface area (Å²) in [4.78, 5) is 24.0. The molecule has 0 saturated carbocycles. The molecule has 1 amide bonds. The number of methoxy groups -OCH3 is 1. The van der Waals surface area contributed by atoms with Crippen LogP contribution in [-0.2, 0) is 14.3 Å². The number of nitrogens with zero attached hydrogens (tertiary/aromatic N) is 2. The van der Waals surface area contributed by atoms with Crippen LogP contribution in [0.1, 0.15) is 19.3 Å². The highest BCUT2D eigenvalue weighted by atomic mass is 16.5. The van der Waals surface area contributed by atoms with E-state index in [2.05, 4.69) is 4.74 Å². The smallest absolute Gasteiger partial charge is 0.328 e. The fourth-order valence-electron chi connectivity index (χ4n) is 1.62. The summed E-state index contributed by atoms with van der Waals surface area (Å²) in [5.41, 5.74) is 0. The van der Waals surface area contributed by atoms with Gasteiger partial charge in [-0.3, -0.25) is 4.79 Å². The van der Waals surface area contributed by atoms with Crippen LogP contribution in [0.4, 0.5) is 0 Å². The molecular weight excluding hydrogens is 184 g/mol. The second-order valence-electron chi connectivity index (χ2n) is 3.10. The first kappa shape index (κ1) is 10.5. The maximum atomic E-state index is 11.4. The molecule has 14 heavy (non-hydrogen) atoms. The molecule has 0 aliphatic carbocycles. The fourth-order valence-corrected chi connectivity index (χ4v) is 1.62. The third-order valence-electron chi connectivity index (χ3n) is 2.28. The number of amides is 1. The zero-order valence-electron chi connectivity index (χ0n) is 8.02. The highest BCUT2D eigenvalue weighted by molar-refractivity contribution is 5.86. The number of hydrogen-bond acceptors (Lipinski definition) is 4. The first-order valence-electron chi connectivity index (χ1n) is 4.45. The second-order valence-corrected chi connectivity index (χ2v) is 3.10. The molecule has 0 spiro atoms. The van der Waals surface area contributed by atoms with Crippen molar-refractivity contribution in [3.8, 4) is 6.07 Å². The van der Waals surface area contributed by atoms with Gasteiger partial charge in [-0.05, 0) is 12.8 Å². The predicted octanol–water partition coefficient (Wildman–Crippen LogP) is 0.0641. The molecule has 0 N–H and O–H groups in total.